The molecule has 1 fully saturated rings. The third kappa shape index (κ3) is 4.96. The molecule has 1 heterocycles. The number of aliphatic carboxylic acids is 1. The van der Waals surface area contributed by atoms with E-state index < -0.39 is 40.2 Å². The SMILES string of the molecule is CCC(NC(=O)N1C(=O)C(CC)(CC)C1Oc1ccc(CC(=O)O)cc1[N+](=O)[O-])c1ccccc1. The van der Waals surface area contributed by atoms with Crippen molar-refractivity contribution in [1.29, 1.82) is 0 Å². The number of rotatable bonds is 10. The van der Waals surface area contributed by atoms with E-state index in [0.29, 0.717) is 19.3 Å². The van der Waals surface area contributed by atoms with Gasteiger partial charge in [-0.05, 0) is 36.5 Å². The van der Waals surface area contributed by atoms with Crippen LogP contribution in [0.2, 0.25) is 0 Å². The number of β-lactam (4-membered cyclic amide) rings is 1. The van der Waals surface area contributed by atoms with E-state index in [2.05, 4.69) is 5.32 Å². The number of nitrogens with one attached hydrogen (secondary N) is 1. The minimum atomic E-state index is -1.12. The van der Waals surface area contributed by atoms with Gasteiger partial charge in [-0.1, -0.05) is 57.2 Å². The van der Waals surface area contributed by atoms with E-state index in [1.165, 1.54) is 12.1 Å². The molecule has 10 heteroatoms. The zero-order valence-electron chi connectivity index (χ0n) is 19.9. The van der Waals surface area contributed by atoms with Crippen LogP contribution >= 0.6 is 0 Å². The summed E-state index contributed by atoms with van der Waals surface area (Å²) in [7, 11) is 0. The van der Waals surface area contributed by atoms with Crippen molar-refractivity contribution in [2.45, 2.75) is 58.7 Å². The number of imide groups is 1. The van der Waals surface area contributed by atoms with Gasteiger partial charge in [-0.25, -0.2) is 9.69 Å². The van der Waals surface area contributed by atoms with Crippen LogP contribution in [0.4, 0.5) is 10.5 Å². The number of carboxylic acid groups (broad SMARTS) is 1. The van der Waals surface area contributed by atoms with Crippen molar-refractivity contribution in [3.63, 3.8) is 0 Å². The summed E-state index contributed by atoms with van der Waals surface area (Å²) in [4.78, 5) is 49.4. The van der Waals surface area contributed by atoms with Gasteiger partial charge in [0.05, 0.1) is 17.4 Å². The number of nitrogens with zero attached hydrogens (tertiary/aromatic N) is 2. The smallest absolute Gasteiger partial charge is 0.327 e. The first kappa shape index (κ1) is 25.7. The Morgan fingerprint density at radius 1 is 1.17 bits per heavy atom. The summed E-state index contributed by atoms with van der Waals surface area (Å²) in [6.45, 7) is 5.51. The van der Waals surface area contributed by atoms with Crippen molar-refractivity contribution in [2.24, 2.45) is 5.41 Å². The summed E-state index contributed by atoms with van der Waals surface area (Å²) in [5.41, 5.74) is -0.322. The zero-order chi connectivity index (χ0) is 25.8. The quantitative estimate of drug-likeness (QED) is 0.289. The standard InChI is InChI=1S/C25H29N3O7/c1-4-18(17-10-8-7-9-11-17)26-24(32)27-22(31)25(5-2,6-3)23(27)35-20-13-12-16(15-21(29)30)14-19(20)28(33)34/h7-14,18,23H,4-6,15H2,1-3H3,(H,26,32)(H,29,30). The van der Waals surface area contributed by atoms with Gasteiger partial charge in [-0.15, -0.1) is 0 Å². The average Bonchev–Trinajstić information content (AvgIpc) is 2.84. The van der Waals surface area contributed by atoms with Gasteiger partial charge < -0.3 is 15.2 Å². The summed E-state index contributed by atoms with van der Waals surface area (Å²) >= 11 is 0. The number of hydrogen-bond acceptors (Lipinski definition) is 6. The number of ether oxygens (including phenoxy) is 1. The highest BCUT2D eigenvalue weighted by molar-refractivity contribution is 6.03. The van der Waals surface area contributed by atoms with E-state index in [1.807, 2.05) is 37.3 Å². The second-order valence-electron chi connectivity index (χ2n) is 8.46. The molecule has 2 atom stereocenters. The summed E-state index contributed by atoms with van der Waals surface area (Å²) in [6.07, 6.45) is -0.104. The van der Waals surface area contributed by atoms with Crippen molar-refractivity contribution < 1.29 is 29.2 Å². The van der Waals surface area contributed by atoms with E-state index in [0.717, 1.165) is 16.5 Å². The molecule has 2 unspecified atom stereocenters. The lowest BCUT2D eigenvalue weighted by molar-refractivity contribution is -0.386. The minimum absolute atomic E-state index is 0.138. The highest BCUT2D eigenvalue weighted by Crippen LogP contribution is 2.47. The van der Waals surface area contributed by atoms with Crippen LogP contribution in [0.25, 0.3) is 0 Å². The molecular weight excluding hydrogens is 454 g/mol. The molecule has 186 valence electrons. The molecule has 0 spiro atoms. The van der Waals surface area contributed by atoms with Crippen LogP contribution in [0, 0.1) is 15.5 Å². The number of amides is 3. The third-order valence-corrected chi connectivity index (χ3v) is 6.55. The summed E-state index contributed by atoms with van der Waals surface area (Å²) in [5, 5.41) is 23.6. The van der Waals surface area contributed by atoms with Crippen LogP contribution in [0.15, 0.2) is 48.5 Å². The van der Waals surface area contributed by atoms with Crippen LogP contribution in [0.3, 0.4) is 0 Å². The molecule has 0 bridgehead atoms. The maximum Gasteiger partial charge on any atom is 0.327 e. The first-order valence-electron chi connectivity index (χ1n) is 11.5. The normalized spacial score (nSPS) is 17.3. The molecule has 1 aliphatic rings. The molecule has 2 N–H and O–H groups in total. The predicted molar refractivity (Wildman–Crippen MR) is 127 cm³/mol. The van der Waals surface area contributed by atoms with E-state index >= 15 is 0 Å². The van der Waals surface area contributed by atoms with Crippen molar-refractivity contribution in [3.8, 4) is 5.75 Å². The maximum atomic E-state index is 13.2. The molecule has 35 heavy (non-hydrogen) atoms. The Kier molecular flexibility index (Phi) is 7.73. The molecular formula is C25H29N3O7. The first-order chi connectivity index (χ1) is 16.7. The maximum absolute atomic E-state index is 13.2. The fourth-order valence-corrected chi connectivity index (χ4v) is 4.43. The van der Waals surface area contributed by atoms with Crippen molar-refractivity contribution >= 4 is 23.6 Å². The molecule has 0 radical (unpaired) electrons. The van der Waals surface area contributed by atoms with Gasteiger partial charge in [0.25, 0.3) is 0 Å². The van der Waals surface area contributed by atoms with Gasteiger partial charge in [0.2, 0.25) is 5.91 Å². The molecule has 0 aliphatic carbocycles. The lowest BCUT2D eigenvalue weighted by Gasteiger charge is -2.53. The first-order valence-corrected chi connectivity index (χ1v) is 11.5. The predicted octanol–water partition coefficient (Wildman–Crippen LogP) is 4.44. The number of hydrogen-bond donors (Lipinski definition) is 2. The number of likely N-dealkylation sites (tertiary alicyclic amines) is 1. The lowest BCUT2D eigenvalue weighted by Crippen LogP contribution is -2.73. The van der Waals surface area contributed by atoms with Gasteiger partial charge in [0.1, 0.15) is 5.41 Å². The van der Waals surface area contributed by atoms with Crippen LogP contribution < -0.4 is 10.1 Å². The summed E-state index contributed by atoms with van der Waals surface area (Å²) in [5.74, 6) is -1.67. The molecule has 3 amide bonds. The molecule has 10 nitrogen and oxygen atoms in total. The minimum Gasteiger partial charge on any atom is -0.481 e. The highest BCUT2D eigenvalue weighted by atomic mass is 16.6. The second kappa shape index (κ2) is 10.5. The number of carbonyl (C=O) groups is 3. The van der Waals surface area contributed by atoms with Crippen molar-refractivity contribution in [2.75, 3.05) is 0 Å². The molecule has 1 aliphatic heterocycles. The molecule has 0 saturated carbocycles. The van der Waals surface area contributed by atoms with Gasteiger partial charge in [-0.3, -0.25) is 19.7 Å². The van der Waals surface area contributed by atoms with Gasteiger partial charge in [0.15, 0.2) is 12.0 Å². The largest absolute Gasteiger partial charge is 0.481 e. The summed E-state index contributed by atoms with van der Waals surface area (Å²) < 4.78 is 5.98. The van der Waals surface area contributed by atoms with Gasteiger partial charge in [-0.2, -0.15) is 0 Å². The van der Waals surface area contributed by atoms with E-state index in [4.69, 9.17) is 9.84 Å². The number of carbonyl (C=O) groups excluding carboxylic acids is 2. The second-order valence-corrected chi connectivity index (χ2v) is 8.46. The molecule has 2 aromatic rings. The number of nitro groups is 1. The molecule has 2 aromatic carbocycles. The topological polar surface area (TPSA) is 139 Å². The monoisotopic (exact) mass is 483 g/mol. The Morgan fingerprint density at radius 3 is 2.37 bits per heavy atom. The zero-order valence-corrected chi connectivity index (χ0v) is 19.9. The van der Waals surface area contributed by atoms with Gasteiger partial charge in [0, 0.05) is 6.07 Å². The van der Waals surface area contributed by atoms with E-state index in [-0.39, 0.29) is 23.8 Å². The number of carboxylic acids is 1. The van der Waals surface area contributed by atoms with Crippen LogP contribution in [0.1, 0.15) is 57.2 Å². The van der Waals surface area contributed by atoms with E-state index in [1.54, 1.807) is 13.8 Å². The Morgan fingerprint density at radius 2 is 1.83 bits per heavy atom. The Balaban J connectivity index is 1.91. The number of benzene rings is 2. The van der Waals surface area contributed by atoms with Crippen LogP contribution in [-0.4, -0.2) is 39.1 Å². The summed E-state index contributed by atoms with van der Waals surface area (Å²) in [6, 6.07) is 12.2. The van der Waals surface area contributed by atoms with Crippen LogP contribution in [-0.2, 0) is 16.0 Å². The highest BCUT2D eigenvalue weighted by Gasteiger charge is 2.63. The Hall–Kier alpha value is -3.95. The van der Waals surface area contributed by atoms with E-state index in [9.17, 15) is 24.5 Å². The Labute approximate surface area is 203 Å². The lowest BCUT2D eigenvalue weighted by atomic mass is 9.72. The fraction of sp³-hybridized carbons (Fsp3) is 0.400. The number of urea groups is 1. The third-order valence-electron chi connectivity index (χ3n) is 6.55. The van der Waals surface area contributed by atoms with Gasteiger partial charge >= 0.3 is 17.7 Å². The average molecular weight is 484 g/mol. The molecule has 3 rings (SSSR count). The van der Waals surface area contributed by atoms with Crippen molar-refractivity contribution in [1.82, 2.24) is 10.2 Å². The molecule has 1 saturated heterocycles. The van der Waals surface area contributed by atoms with Crippen molar-refractivity contribution in [3.05, 3.63) is 69.8 Å². The number of nitro benzene ring substituents is 1. The Bertz CT molecular complexity index is 1120. The molecule has 0 aromatic heterocycles. The van der Waals surface area contributed by atoms with Crippen LogP contribution in [0.5, 0.6) is 5.75 Å². The fourth-order valence-electron chi connectivity index (χ4n) is 4.43.